The van der Waals surface area contributed by atoms with Gasteiger partial charge in [0.15, 0.2) is 0 Å². The van der Waals surface area contributed by atoms with E-state index in [4.69, 9.17) is 9.26 Å². The predicted molar refractivity (Wildman–Crippen MR) is 70.9 cm³/mol. The molecule has 5 nitrogen and oxygen atoms in total. The number of benzene rings is 1. The third-order valence-corrected chi connectivity index (χ3v) is 3.49. The van der Waals surface area contributed by atoms with E-state index in [0.29, 0.717) is 24.9 Å². The molecule has 0 saturated carbocycles. The van der Waals surface area contributed by atoms with E-state index in [1.54, 1.807) is 0 Å². The van der Waals surface area contributed by atoms with E-state index in [1.165, 1.54) is 5.56 Å². The van der Waals surface area contributed by atoms with Gasteiger partial charge in [0.25, 0.3) is 0 Å². The smallest absolute Gasteiger partial charge is 0.234 e. The van der Waals surface area contributed by atoms with Crippen LogP contribution in [0.5, 0.6) is 0 Å². The van der Waals surface area contributed by atoms with Crippen molar-refractivity contribution in [3.63, 3.8) is 0 Å². The van der Waals surface area contributed by atoms with E-state index in [2.05, 4.69) is 21.5 Å². The third-order valence-electron chi connectivity index (χ3n) is 3.49. The van der Waals surface area contributed by atoms with Gasteiger partial charge in [0.2, 0.25) is 11.7 Å². The summed E-state index contributed by atoms with van der Waals surface area (Å²) < 4.78 is 10.9. The van der Waals surface area contributed by atoms with Gasteiger partial charge in [0.05, 0.1) is 19.1 Å². The molecule has 1 N–H and O–H groups in total. The summed E-state index contributed by atoms with van der Waals surface area (Å²) in [6.07, 6.45) is 0. The van der Waals surface area contributed by atoms with Crippen molar-refractivity contribution in [1.82, 2.24) is 15.5 Å². The summed E-state index contributed by atoms with van der Waals surface area (Å²) in [7, 11) is 1.92. The molecule has 2 atom stereocenters. The van der Waals surface area contributed by atoms with E-state index in [9.17, 15) is 0 Å². The van der Waals surface area contributed by atoms with Gasteiger partial charge in [-0.05, 0) is 20.0 Å². The molecule has 0 spiro atoms. The summed E-state index contributed by atoms with van der Waals surface area (Å²) in [5.41, 5.74) is 2.16. The molecule has 2 aromatic rings. The van der Waals surface area contributed by atoms with E-state index >= 15 is 0 Å². The fraction of sp³-hybridized carbons (Fsp3) is 0.429. The fourth-order valence-electron chi connectivity index (χ4n) is 2.37. The number of rotatable bonds is 3. The van der Waals surface area contributed by atoms with E-state index in [-0.39, 0.29) is 12.0 Å². The Labute approximate surface area is 112 Å². The van der Waals surface area contributed by atoms with Crippen LogP contribution in [0, 0.1) is 6.92 Å². The van der Waals surface area contributed by atoms with Gasteiger partial charge >= 0.3 is 0 Å². The molecule has 19 heavy (non-hydrogen) atoms. The van der Waals surface area contributed by atoms with Crippen LogP contribution in [0.1, 0.15) is 17.4 Å². The van der Waals surface area contributed by atoms with E-state index in [0.717, 1.165) is 5.56 Å². The van der Waals surface area contributed by atoms with Crippen molar-refractivity contribution in [3.05, 3.63) is 35.7 Å². The quantitative estimate of drug-likeness (QED) is 0.910. The molecule has 1 aliphatic rings. The Hall–Kier alpha value is -1.72. The Morgan fingerprint density at radius 3 is 3.00 bits per heavy atom. The molecule has 0 radical (unpaired) electrons. The van der Waals surface area contributed by atoms with Gasteiger partial charge < -0.3 is 14.6 Å². The SMILES string of the molecule is CNC1COCC1c1nc(-c2cccc(C)c2)no1. The maximum atomic E-state index is 5.46. The third kappa shape index (κ3) is 2.39. The highest BCUT2D eigenvalue weighted by molar-refractivity contribution is 5.55. The lowest BCUT2D eigenvalue weighted by Gasteiger charge is -2.11. The maximum Gasteiger partial charge on any atom is 0.234 e. The number of aromatic nitrogens is 2. The Morgan fingerprint density at radius 1 is 1.32 bits per heavy atom. The zero-order valence-corrected chi connectivity index (χ0v) is 11.1. The minimum absolute atomic E-state index is 0.135. The number of nitrogens with one attached hydrogen (secondary N) is 1. The molecular weight excluding hydrogens is 242 g/mol. The summed E-state index contributed by atoms with van der Waals surface area (Å²) in [4.78, 5) is 4.50. The number of likely N-dealkylation sites (N-methyl/N-ethyl adjacent to an activating group) is 1. The van der Waals surface area contributed by atoms with Gasteiger partial charge in [0, 0.05) is 11.6 Å². The van der Waals surface area contributed by atoms with Crippen LogP contribution in [0.25, 0.3) is 11.4 Å². The molecule has 1 aromatic carbocycles. The molecule has 1 fully saturated rings. The van der Waals surface area contributed by atoms with Crippen molar-refractivity contribution in [2.75, 3.05) is 20.3 Å². The molecule has 3 rings (SSSR count). The zero-order valence-electron chi connectivity index (χ0n) is 11.1. The lowest BCUT2D eigenvalue weighted by atomic mass is 10.0. The largest absolute Gasteiger partial charge is 0.379 e. The van der Waals surface area contributed by atoms with Crippen LogP contribution in [-0.2, 0) is 4.74 Å². The Morgan fingerprint density at radius 2 is 2.21 bits per heavy atom. The number of ether oxygens (including phenoxy) is 1. The van der Waals surface area contributed by atoms with Crippen molar-refractivity contribution in [2.24, 2.45) is 0 Å². The molecule has 5 heteroatoms. The lowest BCUT2D eigenvalue weighted by Crippen LogP contribution is -2.31. The Kier molecular flexibility index (Phi) is 3.31. The van der Waals surface area contributed by atoms with Crippen LogP contribution in [0.4, 0.5) is 0 Å². The van der Waals surface area contributed by atoms with Gasteiger partial charge in [0.1, 0.15) is 0 Å². The number of nitrogens with zero attached hydrogens (tertiary/aromatic N) is 2. The molecule has 1 aliphatic heterocycles. The zero-order chi connectivity index (χ0) is 13.2. The molecular formula is C14H17N3O2. The van der Waals surface area contributed by atoms with Crippen molar-refractivity contribution in [2.45, 2.75) is 18.9 Å². The topological polar surface area (TPSA) is 60.2 Å². The first-order valence-corrected chi connectivity index (χ1v) is 6.43. The standard InChI is InChI=1S/C14H17N3O2/c1-9-4-3-5-10(6-9)13-16-14(19-17-13)11-7-18-8-12(11)15-2/h3-6,11-12,15H,7-8H2,1-2H3. The fourth-order valence-corrected chi connectivity index (χ4v) is 2.37. The molecule has 1 aromatic heterocycles. The minimum Gasteiger partial charge on any atom is -0.379 e. The summed E-state index contributed by atoms with van der Waals surface area (Å²) in [6, 6.07) is 8.32. The van der Waals surface area contributed by atoms with E-state index in [1.807, 2.05) is 32.2 Å². The highest BCUT2D eigenvalue weighted by atomic mass is 16.5. The van der Waals surface area contributed by atoms with Crippen LogP contribution >= 0.6 is 0 Å². The minimum atomic E-state index is 0.135. The molecule has 2 heterocycles. The molecule has 0 aliphatic carbocycles. The van der Waals surface area contributed by atoms with Gasteiger partial charge in [-0.2, -0.15) is 4.98 Å². The Bertz CT molecular complexity index is 567. The summed E-state index contributed by atoms with van der Waals surface area (Å²) in [5, 5.41) is 7.29. The summed E-state index contributed by atoms with van der Waals surface area (Å²) in [6.45, 7) is 3.36. The maximum absolute atomic E-state index is 5.46. The van der Waals surface area contributed by atoms with Gasteiger partial charge in [-0.3, -0.25) is 0 Å². The van der Waals surface area contributed by atoms with Gasteiger partial charge in [-0.25, -0.2) is 0 Å². The summed E-state index contributed by atoms with van der Waals surface area (Å²) >= 11 is 0. The number of hydrogen-bond acceptors (Lipinski definition) is 5. The number of hydrogen-bond donors (Lipinski definition) is 1. The van der Waals surface area contributed by atoms with Crippen LogP contribution in [0.2, 0.25) is 0 Å². The highest BCUT2D eigenvalue weighted by Crippen LogP contribution is 2.26. The van der Waals surface area contributed by atoms with Gasteiger partial charge in [-0.1, -0.05) is 28.9 Å². The second kappa shape index (κ2) is 5.11. The van der Waals surface area contributed by atoms with Gasteiger partial charge in [-0.15, -0.1) is 0 Å². The normalized spacial score (nSPS) is 22.8. The molecule has 1 saturated heterocycles. The number of aryl methyl sites for hydroxylation is 1. The Balaban J connectivity index is 1.87. The van der Waals surface area contributed by atoms with Crippen LogP contribution < -0.4 is 5.32 Å². The first kappa shape index (κ1) is 12.3. The highest BCUT2D eigenvalue weighted by Gasteiger charge is 2.33. The monoisotopic (exact) mass is 259 g/mol. The average molecular weight is 259 g/mol. The molecule has 0 bridgehead atoms. The molecule has 2 unspecified atom stereocenters. The van der Waals surface area contributed by atoms with Crippen LogP contribution in [0.3, 0.4) is 0 Å². The van der Waals surface area contributed by atoms with Crippen molar-refractivity contribution in [1.29, 1.82) is 0 Å². The van der Waals surface area contributed by atoms with Crippen LogP contribution in [0.15, 0.2) is 28.8 Å². The molecule has 100 valence electrons. The van der Waals surface area contributed by atoms with Crippen molar-refractivity contribution >= 4 is 0 Å². The second-order valence-corrected chi connectivity index (χ2v) is 4.86. The average Bonchev–Trinajstić information content (AvgIpc) is 3.07. The second-order valence-electron chi connectivity index (χ2n) is 4.86. The summed E-state index contributed by atoms with van der Waals surface area (Å²) in [5.74, 6) is 1.42. The predicted octanol–water partition coefficient (Wildman–Crippen LogP) is 1.75. The van der Waals surface area contributed by atoms with Crippen LogP contribution in [-0.4, -0.2) is 36.4 Å². The van der Waals surface area contributed by atoms with Crippen molar-refractivity contribution < 1.29 is 9.26 Å². The first-order chi connectivity index (χ1) is 9.28. The first-order valence-electron chi connectivity index (χ1n) is 6.43. The van der Waals surface area contributed by atoms with E-state index < -0.39 is 0 Å². The molecule has 0 amide bonds. The lowest BCUT2D eigenvalue weighted by molar-refractivity contribution is 0.185. The van der Waals surface area contributed by atoms with Crippen molar-refractivity contribution in [3.8, 4) is 11.4 Å².